The Morgan fingerprint density at radius 2 is 1.88 bits per heavy atom. The minimum absolute atomic E-state index is 0.265. The van der Waals surface area contributed by atoms with Gasteiger partial charge in [-0.15, -0.1) is 0 Å². The Labute approximate surface area is 235 Å². The van der Waals surface area contributed by atoms with Crippen LogP contribution in [-0.4, -0.2) is 98.2 Å². The van der Waals surface area contributed by atoms with Crippen molar-refractivity contribution in [3.05, 3.63) is 54.2 Å². The highest BCUT2D eigenvalue weighted by Gasteiger charge is 2.25. The third-order valence-electron chi connectivity index (χ3n) is 6.81. The Kier molecular flexibility index (Phi) is 10.7. The largest absolute Gasteiger partial charge is 0.451 e. The molecule has 1 saturated heterocycles. The number of nitrogens with one attached hydrogen (secondary N) is 2. The SMILES string of the molecule is C=CC(O)N1CCN(C(O)Oc2cccc(CNc3nc(NCCCOCC)nc4c(C(C)C)cnn34)c2)CC1. The van der Waals surface area contributed by atoms with Crippen LogP contribution in [0.2, 0.25) is 0 Å². The topological polar surface area (TPSA) is 133 Å². The lowest BCUT2D eigenvalue weighted by Gasteiger charge is -2.37. The van der Waals surface area contributed by atoms with Gasteiger partial charge in [-0.05, 0) is 43.0 Å². The number of anilines is 2. The lowest BCUT2D eigenvalue weighted by Crippen LogP contribution is -2.54. The first kappa shape index (κ1) is 29.7. The Bertz CT molecular complexity index is 1230. The lowest BCUT2D eigenvalue weighted by molar-refractivity contribution is -0.153. The molecule has 40 heavy (non-hydrogen) atoms. The molecule has 0 spiro atoms. The zero-order chi connectivity index (χ0) is 28.5. The number of aliphatic hydroxyl groups is 2. The first-order valence-corrected chi connectivity index (χ1v) is 13.9. The molecule has 218 valence electrons. The van der Waals surface area contributed by atoms with E-state index in [4.69, 9.17) is 14.5 Å². The smallest absolute Gasteiger partial charge is 0.259 e. The monoisotopic (exact) mass is 554 g/mol. The summed E-state index contributed by atoms with van der Waals surface area (Å²) in [5.41, 5.74) is 2.77. The molecular formula is C28H42N8O4. The summed E-state index contributed by atoms with van der Waals surface area (Å²) in [6.07, 6.45) is 2.44. The van der Waals surface area contributed by atoms with Crippen LogP contribution in [0.1, 0.15) is 44.2 Å². The van der Waals surface area contributed by atoms with E-state index in [1.807, 2.05) is 47.2 Å². The second-order valence-corrected chi connectivity index (χ2v) is 10.0. The van der Waals surface area contributed by atoms with Crippen LogP contribution >= 0.6 is 0 Å². The molecule has 0 saturated carbocycles. The fourth-order valence-electron chi connectivity index (χ4n) is 4.49. The molecule has 2 atom stereocenters. The Morgan fingerprint density at radius 1 is 1.10 bits per heavy atom. The molecule has 12 nitrogen and oxygen atoms in total. The van der Waals surface area contributed by atoms with Gasteiger partial charge < -0.3 is 30.3 Å². The summed E-state index contributed by atoms with van der Waals surface area (Å²) in [6, 6.07) is 7.58. The van der Waals surface area contributed by atoms with Crippen LogP contribution in [0, 0.1) is 0 Å². The quantitative estimate of drug-likeness (QED) is 0.125. The number of ether oxygens (including phenoxy) is 2. The van der Waals surface area contributed by atoms with Crippen LogP contribution in [0.15, 0.2) is 43.1 Å². The Hall–Kier alpha value is -3.29. The molecule has 3 aromatic rings. The van der Waals surface area contributed by atoms with E-state index >= 15 is 0 Å². The summed E-state index contributed by atoms with van der Waals surface area (Å²) in [4.78, 5) is 13.1. The number of benzene rings is 1. The van der Waals surface area contributed by atoms with Crippen molar-refractivity contribution in [2.24, 2.45) is 0 Å². The van der Waals surface area contributed by atoms with E-state index in [0.717, 1.165) is 23.2 Å². The third kappa shape index (κ3) is 7.67. The fraction of sp³-hybridized carbons (Fsp3) is 0.536. The van der Waals surface area contributed by atoms with E-state index in [1.54, 1.807) is 4.52 Å². The average Bonchev–Trinajstić information content (AvgIpc) is 3.40. The van der Waals surface area contributed by atoms with Crippen molar-refractivity contribution in [2.45, 2.75) is 52.3 Å². The number of hydrogen-bond donors (Lipinski definition) is 4. The number of hydrogen-bond acceptors (Lipinski definition) is 11. The van der Waals surface area contributed by atoms with E-state index in [-0.39, 0.29) is 5.92 Å². The van der Waals surface area contributed by atoms with Gasteiger partial charge in [0.25, 0.3) is 6.41 Å². The van der Waals surface area contributed by atoms with Crippen molar-refractivity contribution in [1.82, 2.24) is 29.4 Å². The van der Waals surface area contributed by atoms with Gasteiger partial charge in [-0.3, -0.25) is 4.90 Å². The predicted octanol–water partition coefficient (Wildman–Crippen LogP) is 2.47. The van der Waals surface area contributed by atoms with Crippen molar-refractivity contribution in [3.8, 4) is 5.75 Å². The summed E-state index contributed by atoms with van der Waals surface area (Å²) < 4.78 is 13.0. The second-order valence-electron chi connectivity index (χ2n) is 10.0. The number of piperazine rings is 1. The van der Waals surface area contributed by atoms with Crippen molar-refractivity contribution < 1.29 is 19.7 Å². The highest BCUT2D eigenvalue weighted by Crippen LogP contribution is 2.23. The third-order valence-corrected chi connectivity index (χ3v) is 6.81. The van der Waals surface area contributed by atoms with E-state index in [0.29, 0.717) is 70.1 Å². The van der Waals surface area contributed by atoms with Crippen LogP contribution in [0.5, 0.6) is 5.75 Å². The fourth-order valence-corrected chi connectivity index (χ4v) is 4.49. The van der Waals surface area contributed by atoms with Crippen LogP contribution in [-0.2, 0) is 11.3 Å². The van der Waals surface area contributed by atoms with E-state index < -0.39 is 12.6 Å². The Balaban J connectivity index is 1.40. The summed E-state index contributed by atoms with van der Waals surface area (Å²) in [5, 5.41) is 31.8. The molecule has 0 amide bonds. The summed E-state index contributed by atoms with van der Waals surface area (Å²) in [6.45, 7) is 14.8. The Morgan fingerprint density at radius 3 is 2.60 bits per heavy atom. The molecule has 2 unspecified atom stereocenters. The first-order chi connectivity index (χ1) is 19.4. The highest BCUT2D eigenvalue weighted by atomic mass is 16.6. The van der Waals surface area contributed by atoms with Crippen molar-refractivity contribution in [3.63, 3.8) is 0 Å². The minimum Gasteiger partial charge on any atom is -0.451 e. The normalized spacial score (nSPS) is 16.2. The maximum Gasteiger partial charge on any atom is 0.259 e. The number of nitrogens with zero attached hydrogens (tertiary/aromatic N) is 6. The molecule has 1 aromatic carbocycles. The highest BCUT2D eigenvalue weighted by molar-refractivity contribution is 5.55. The van der Waals surface area contributed by atoms with Crippen molar-refractivity contribution >= 4 is 17.5 Å². The van der Waals surface area contributed by atoms with Gasteiger partial charge in [-0.25, -0.2) is 4.90 Å². The van der Waals surface area contributed by atoms with Crippen LogP contribution in [0.25, 0.3) is 5.65 Å². The molecule has 4 N–H and O–H groups in total. The van der Waals surface area contributed by atoms with Crippen LogP contribution in [0.3, 0.4) is 0 Å². The lowest BCUT2D eigenvalue weighted by atomic mass is 10.1. The van der Waals surface area contributed by atoms with E-state index in [9.17, 15) is 10.2 Å². The molecule has 3 heterocycles. The maximum atomic E-state index is 10.7. The van der Waals surface area contributed by atoms with Crippen molar-refractivity contribution in [2.75, 3.05) is 56.6 Å². The molecule has 1 fully saturated rings. The van der Waals surface area contributed by atoms with Gasteiger partial charge in [0, 0.05) is 58.0 Å². The molecule has 12 heteroatoms. The molecule has 0 bridgehead atoms. The molecule has 2 aromatic heterocycles. The van der Waals surface area contributed by atoms with Crippen LogP contribution < -0.4 is 15.4 Å². The maximum absolute atomic E-state index is 10.7. The number of fused-ring (bicyclic) bond motifs is 1. The van der Waals surface area contributed by atoms with Crippen molar-refractivity contribution in [1.29, 1.82) is 0 Å². The second kappa shape index (κ2) is 14.4. The zero-order valence-corrected chi connectivity index (χ0v) is 23.7. The predicted molar refractivity (Wildman–Crippen MR) is 154 cm³/mol. The molecular weight excluding hydrogens is 512 g/mol. The number of aromatic nitrogens is 4. The van der Waals surface area contributed by atoms with E-state index in [2.05, 4.69) is 41.1 Å². The van der Waals surface area contributed by atoms with Gasteiger partial charge in [-0.2, -0.15) is 19.6 Å². The molecule has 4 rings (SSSR count). The molecule has 0 radical (unpaired) electrons. The first-order valence-electron chi connectivity index (χ1n) is 13.9. The molecule has 0 aliphatic carbocycles. The van der Waals surface area contributed by atoms with Gasteiger partial charge in [0.2, 0.25) is 11.9 Å². The minimum atomic E-state index is -1.08. The molecule has 1 aliphatic heterocycles. The van der Waals surface area contributed by atoms with Gasteiger partial charge >= 0.3 is 0 Å². The van der Waals surface area contributed by atoms with Gasteiger partial charge in [0.1, 0.15) is 12.0 Å². The number of aliphatic hydroxyl groups excluding tert-OH is 2. The van der Waals surface area contributed by atoms with Crippen LogP contribution in [0.4, 0.5) is 11.9 Å². The zero-order valence-electron chi connectivity index (χ0n) is 23.7. The van der Waals surface area contributed by atoms with Gasteiger partial charge in [0.05, 0.1) is 6.20 Å². The summed E-state index contributed by atoms with van der Waals surface area (Å²) in [7, 11) is 0. The van der Waals surface area contributed by atoms with Gasteiger partial charge in [-0.1, -0.05) is 32.6 Å². The summed E-state index contributed by atoms with van der Waals surface area (Å²) in [5.74, 6) is 1.94. The molecule has 1 aliphatic rings. The number of rotatable bonds is 15. The van der Waals surface area contributed by atoms with Gasteiger partial charge in [0.15, 0.2) is 5.65 Å². The van der Waals surface area contributed by atoms with E-state index in [1.165, 1.54) is 6.08 Å². The average molecular weight is 555 g/mol. The standard InChI is InChI=1S/C28H42N8O4/c1-5-24(37)34-12-14-35(15-13-34)28(38)40-22-10-7-9-21(17-22)18-30-27-33-26(29-11-8-16-39-6-2)32-25-23(20(3)4)19-31-36(25)27/h5,7,9-10,17,19-20,24,28,37-38H,1,6,8,11-16,18H2,2-4H3,(H2,29,30,32,33). The summed E-state index contributed by atoms with van der Waals surface area (Å²) >= 11 is 0.